The molecule has 5 heteroatoms. The number of unbranched alkanes of at least 4 members (excludes halogenated alkanes) is 1. The Bertz CT molecular complexity index is 207. The molecule has 19 heavy (non-hydrogen) atoms. The van der Waals surface area contributed by atoms with Gasteiger partial charge in [0.2, 0.25) is 0 Å². The van der Waals surface area contributed by atoms with Crippen LogP contribution in [0.3, 0.4) is 0 Å². The summed E-state index contributed by atoms with van der Waals surface area (Å²) in [6.45, 7) is 9.37. The molecule has 0 amide bonds. The first kappa shape index (κ1) is 21.3. The number of rotatable bonds is 10. The van der Waals surface area contributed by atoms with Gasteiger partial charge in [-0.1, -0.05) is 26.7 Å². The highest BCUT2D eigenvalue weighted by atomic mass is 127. The number of aliphatic hydroxyl groups excluding tert-OH is 1. The second kappa shape index (κ2) is 16.0. The Morgan fingerprint density at radius 3 is 2.37 bits per heavy atom. The van der Waals surface area contributed by atoms with Gasteiger partial charge in [-0.15, -0.1) is 24.0 Å². The quantitative estimate of drug-likeness (QED) is 0.235. The zero-order chi connectivity index (χ0) is 13.6. The lowest BCUT2D eigenvalue weighted by Crippen LogP contribution is -2.38. The van der Waals surface area contributed by atoms with E-state index in [4.69, 9.17) is 5.11 Å². The van der Waals surface area contributed by atoms with Gasteiger partial charge in [0, 0.05) is 26.2 Å². The molecule has 3 N–H and O–H groups in total. The van der Waals surface area contributed by atoms with Crippen LogP contribution in [0.25, 0.3) is 0 Å². The molecule has 0 aliphatic heterocycles. The van der Waals surface area contributed by atoms with E-state index in [2.05, 4.69) is 36.4 Å². The Hall–Kier alpha value is -0.0400. The minimum Gasteiger partial charge on any atom is -0.396 e. The third-order valence-corrected chi connectivity index (χ3v) is 2.91. The summed E-state index contributed by atoms with van der Waals surface area (Å²) in [7, 11) is 0. The Morgan fingerprint density at radius 1 is 1.11 bits per heavy atom. The maximum Gasteiger partial charge on any atom is 0.191 e. The average molecular weight is 385 g/mol. The van der Waals surface area contributed by atoms with Gasteiger partial charge in [-0.3, -0.25) is 4.99 Å². The predicted octanol–water partition coefficient (Wildman–Crippen LogP) is 2.76. The van der Waals surface area contributed by atoms with Gasteiger partial charge in [0.15, 0.2) is 5.96 Å². The molecule has 0 aliphatic carbocycles. The Balaban J connectivity index is 0. The number of guanidine groups is 1. The van der Waals surface area contributed by atoms with Crippen molar-refractivity contribution in [1.82, 2.24) is 10.6 Å². The Morgan fingerprint density at radius 2 is 1.84 bits per heavy atom. The van der Waals surface area contributed by atoms with E-state index in [1.165, 1.54) is 12.8 Å². The molecule has 4 nitrogen and oxygen atoms in total. The molecule has 0 heterocycles. The van der Waals surface area contributed by atoms with Crippen LogP contribution < -0.4 is 10.6 Å². The van der Waals surface area contributed by atoms with E-state index in [0.29, 0.717) is 5.92 Å². The van der Waals surface area contributed by atoms with Crippen LogP contribution in [-0.2, 0) is 0 Å². The van der Waals surface area contributed by atoms with E-state index in [-0.39, 0.29) is 30.6 Å². The van der Waals surface area contributed by atoms with Crippen molar-refractivity contribution < 1.29 is 5.11 Å². The number of aliphatic imine (C=N–C) groups is 1. The van der Waals surface area contributed by atoms with Gasteiger partial charge in [0.1, 0.15) is 0 Å². The summed E-state index contributed by atoms with van der Waals surface area (Å²) < 4.78 is 0. The van der Waals surface area contributed by atoms with Crippen LogP contribution in [0, 0.1) is 5.92 Å². The lowest BCUT2D eigenvalue weighted by molar-refractivity contribution is 0.253. The van der Waals surface area contributed by atoms with Crippen LogP contribution in [0.5, 0.6) is 0 Å². The smallest absolute Gasteiger partial charge is 0.191 e. The van der Waals surface area contributed by atoms with E-state index >= 15 is 0 Å². The van der Waals surface area contributed by atoms with Crippen LogP contribution in [0.1, 0.15) is 52.9 Å². The highest BCUT2D eigenvalue weighted by Crippen LogP contribution is 2.10. The molecule has 1 atom stereocenters. The summed E-state index contributed by atoms with van der Waals surface area (Å²) in [4.78, 5) is 4.61. The van der Waals surface area contributed by atoms with Crippen molar-refractivity contribution in [3.8, 4) is 0 Å². The molecule has 0 rings (SSSR count). The average Bonchev–Trinajstić information content (AvgIpc) is 2.36. The van der Waals surface area contributed by atoms with Gasteiger partial charge < -0.3 is 15.7 Å². The second-order valence-electron chi connectivity index (χ2n) is 4.67. The first-order valence-electron chi connectivity index (χ1n) is 7.41. The molecule has 116 valence electrons. The molecular weight excluding hydrogens is 353 g/mol. The topological polar surface area (TPSA) is 56.7 Å². The van der Waals surface area contributed by atoms with Crippen LogP contribution in [0.4, 0.5) is 0 Å². The Kier molecular flexibility index (Phi) is 17.9. The van der Waals surface area contributed by atoms with Crippen LogP contribution in [0.15, 0.2) is 4.99 Å². The molecule has 0 bridgehead atoms. The fourth-order valence-corrected chi connectivity index (χ4v) is 1.86. The van der Waals surface area contributed by atoms with Crippen molar-refractivity contribution >= 4 is 29.9 Å². The summed E-state index contributed by atoms with van der Waals surface area (Å²) in [5.74, 6) is 1.41. The molecule has 0 spiro atoms. The normalized spacial score (nSPS) is 12.7. The number of hydrogen-bond acceptors (Lipinski definition) is 2. The van der Waals surface area contributed by atoms with Gasteiger partial charge in [-0.25, -0.2) is 0 Å². The number of nitrogens with zero attached hydrogens (tertiary/aromatic N) is 1. The van der Waals surface area contributed by atoms with E-state index < -0.39 is 0 Å². The number of nitrogens with one attached hydrogen (secondary N) is 2. The zero-order valence-corrected chi connectivity index (χ0v) is 15.1. The number of aliphatic hydroxyl groups is 1. The van der Waals surface area contributed by atoms with Crippen molar-refractivity contribution in [1.29, 1.82) is 0 Å². The Labute approximate surface area is 135 Å². The van der Waals surface area contributed by atoms with Crippen molar-refractivity contribution in [3.05, 3.63) is 0 Å². The fraction of sp³-hybridized carbons (Fsp3) is 0.929. The molecule has 0 radical (unpaired) electrons. The van der Waals surface area contributed by atoms with E-state index in [9.17, 15) is 0 Å². The molecule has 0 aromatic carbocycles. The standard InChI is InChI=1S/C14H31N3O.HI/c1-4-7-10-16-14(15-6-3)17-12-13(8-5-2)9-11-18;/h13,18H,4-12H2,1-3H3,(H2,15,16,17);1H. The fourth-order valence-electron chi connectivity index (χ4n) is 1.86. The lowest BCUT2D eigenvalue weighted by Gasteiger charge is -2.15. The second-order valence-corrected chi connectivity index (χ2v) is 4.67. The van der Waals surface area contributed by atoms with E-state index in [1.54, 1.807) is 0 Å². The van der Waals surface area contributed by atoms with Gasteiger partial charge in [-0.05, 0) is 32.1 Å². The summed E-state index contributed by atoms with van der Waals surface area (Å²) in [5, 5.41) is 15.6. The highest BCUT2D eigenvalue weighted by Gasteiger charge is 2.07. The number of hydrogen-bond donors (Lipinski definition) is 3. The summed E-state index contributed by atoms with van der Waals surface area (Å²) >= 11 is 0. The third kappa shape index (κ3) is 12.7. The molecule has 0 aliphatic rings. The van der Waals surface area contributed by atoms with Crippen LogP contribution in [0.2, 0.25) is 0 Å². The van der Waals surface area contributed by atoms with Crippen molar-refractivity contribution in [2.75, 3.05) is 26.2 Å². The molecule has 0 saturated carbocycles. The maximum absolute atomic E-state index is 9.03. The minimum absolute atomic E-state index is 0. The molecule has 0 aromatic rings. The first-order valence-corrected chi connectivity index (χ1v) is 7.41. The molecule has 0 aromatic heterocycles. The van der Waals surface area contributed by atoms with Gasteiger partial charge >= 0.3 is 0 Å². The number of halogens is 1. The largest absolute Gasteiger partial charge is 0.396 e. The molecular formula is C14H32IN3O. The summed E-state index contributed by atoms with van der Waals surface area (Å²) in [6, 6.07) is 0. The molecule has 0 saturated heterocycles. The first-order chi connectivity index (χ1) is 8.78. The highest BCUT2D eigenvalue weighted by molar-refractivity contribution is 14.0. The van der Waals surface area contributed by atoms with E-state index in [0.717, 1.165) is 44.9 Å². The third-order valence-electron chi connectivity index (χ3n) is 2.91. The summed E-state index contributed by atoms with van der Waals surface area (Å²) in [6.07, 6.45) is 5.50. The van der Waals surface area contributed by atoms with Gasteiger partial charge in [-0.2, -0.15) is 0 Å². The van der Waals surface area contributed by atoms with Crippen LogP contribution in [-0.4, -0.2) is 37.3 Å². The van der Waals surface area contributed by atoms with Gasteiger partial charge in [0.05, 0.1) is 0 Å². The monoisotopic (exact) mass is 385 g/mol. The van der Waals surface area contributed by atoms with Crippen molar-refractivity contribution in [2.45, 2.75) is 52.9 Å². The lowest BCUT2D eigenvalue weighted by atomic mass is 10.0. The van der Waals surface area contributed by atoms with Crippen LogP contribution >= 0.6 is 24.0 Å². The molecule has 0 fully saturated rings. The zero-order valence-electron chi connectivity index (χ0n) is 12.7. The van der Waals surface area contributed by atoms with E-state index in [1.807, 2.05) is 0 Å². The van der Waals surface area contributed by atoms with Crippen molar-refractivity contribution in [3.63, 3.8) is 0 Å². The van der Waals surface area contributed by atoms with Gasteiger partial charge in [0.25, 0.3) is 0 Å². The van der Waals surface area contributed by atoms with Crippen molar-refractivity contribution in [2.24, 2.45) is 10.9 Å². The summed E-state index contributed by atoms with van der Waals surface area (Å²) in [5.41, 5.74) is 0. The SMILES string of the molecule is CCCCNC(=NCC(CCC)CCO)NCC.I. The molecule has 1 unspecified atom stereocenters. The predicted molar refractivity (Wildman–Crippen MR) is 94.4 cm³/mol. The minimum atomic E-state index is 0. The maximum atomic E-state index is 9.03.